The van der Waals surface area contributed by atoms with Gasteiger partial charge in [-0.2, -0.15) is 0 Å². The lowest BCUT2D eigenvalue weighted by Gasteiger charge is -2.04. The number of hydrogen-bond acceptors (Lipinski definition) is 3. The van der Waals surface area contributed by atoms with E-state index in [4.69, 9.17) is 4.42 Å². The van der Waals surface area contributed by atoms with E-state index < -0.39 is 0 Å². The van der Waals surface area contributed by atoms with Crippen molar-refractivity contribution in [3.63, 3.8) is 0 Å². The molecule has 2 aromatic rings. The number of oxazole rings is 1. The number of benzene rings is 1. The highest BCUT2D eigenvalue weighted by molar-refractivity contribution is 9.11. The second-order valence-electron chi connectivity index (χ2n) is 3.53. The van der Waals surface area contributed by atoms with Crippen molar-refractivity contribution in [1.82, 2.24) is 10.3 Å². The lowest BCUT2D eigenvalue weighted by Crippen LogP contribution is -2.12. The molecule has 0 aliphatic rings. The van der Waals surface area contributed by atoms with E-state index in [2.05, 4.69) is 49.1 Å². The topological polar surface area (TPSA) is 38.1 Å². The minimum Gasteiger partial charge on any atom is -0.443 e. The smallest absolute Gasteiger partial charge is 0.181 e. The zero-order valence-electron chi connectivity index (χ0n) is 9.34. The van der Waals surface area contributed by atoms with Crippen molar-refractivity contribution in [1.29, 1.82) is 0 Å². The summed E-state index contributed by atoms with van der Waals surface area (Å²) in [6, 6.07) is 5.98. The van der Waals surface area contributed by atoms with E-state index in [9.17, 15) is 0 Å². The van der Waals surface area contributed by atoms with Crippen LogP contribution in [-0.2, 0) is 6.54 Å². The van der Waals surface area contributed by atoms with E-state index in [1.165, 1.54) is 6.39 Å². The molecule has 0 radical (unpaired) electrons. The van der Waals surface area contributed by atoms with E-state index in [1.807, 2.05) is 18.2 Å². The fourth-order valence-corrected chi connectivity index (χ4v) is 2.76. The normalized spacial score (nSPS) is 10.8. The van der Waals surface area contributed by atoms with Crippen molar-refractivity contribution in [2.75, 3.05) is 6.54 Å². The summed E-state index contributed by atoms with van der Waals surface area (Å²) in [4.78, 5) is 4.23. The summed E-state index contributed by atoms with van der Waals surface area (Å²) < 4.78 is 7.49. The molecule has 0 spiro atoms. The first-order valence-corrected chi connectivity index (χ1v) is 6.89. The summed E-state index contributed by atoms with van der Waals surface area (Å²) in [7, 11) is 0. The third-order valence-corrected chi connectivity index (χ3v) is 3.51. The Kier molecular flexibility index (Phi) is 4.36. The van der Waals surface area contributed by atoms with Gasteiger partial charge in [-0.05, 0) is 40.7 Å². The monoisotopic (exact) mass is 358 g/mol. The Morgan fingerprint density at radius 3 is 2.88 bits per heavy atom. The number of halogens is 2. The average Bonchev–Trinajstić information content (AvgIpc) is 2.74. The second-order valence-corrected chi connectivity index (χ2v) is 5.30. The van der Waals surface area contributed by atoms with E-state index in [0.717, 1.165) is 32.5 Å². The highest BCUT2D eigenvalue weighted by atomic mass is 79.9. The largest absolute Gasteiger partial charge is 0.443 e. The van der Waals surface area contributed by atoms with E-state index >= 15 is 0 Å². The molecule has 1 heterocycles. The molecule has 0 atom stereocenters. The molecule has 1 aromatic carbocycles. The van der Waals surface area contributed by atoms with Crippen LogP contribution in [-0.4, -0.2) is 11.5 Å². The number of nitrogens with zero attached hydrogens (tertiary/aromatic N) is 1. The molecule has 0 saturated carbocycles. The highest BCUT2D eigenvalue weighted by Gasteiger charge is 2.13. The summed E-state index contributed by atoms with van der Waals surface area (Å²) in [5.74, 6) is 0.810. The van der Waals surface area contributed by atoms with Gasteiger partial charge in [0.2, 0.25) is 0 Å². The van der Waals surface area contributed by atoms with E-state index in [1.54, 1.807) is 0 Å². The van der Waals surface area contributed by atoms with Crippen molar-refractivity contribution < 1.29 is 4.42 Å². The maximum absolute atomic E-state index is 5.47. The van der Waals surface area contributed by atoms with E-state index in [0.29, 0.717) is 6.54 Å². The van der Waals surface area contributed by atoms with Crippen LogP contribution in [0, 0.1) is 0 Å². The Bertz CT molecular complexity index is 511. The predicted octanol–water partition coefficient (Wildman–Crippen LogP) is 3.98. The molecule has 0 unspecified atom stereocenters. The standard InChI is InChI=1S/C12H12Br2N2O/c1-2-15-6-11-12(17-7-16-11)9-4-3-8(13)5-10(9)14/h3-5,7,15H,2,6H2,1H3. The van der Waals surface area contributed by atoms with Crippen LogP contribution in [0.15, 0.2) is 38.0 Å². The van der Waals surface area contributed by atoms with Crippen LogP contribution >= 0.6 is 31.9 Å². The molecule has 0 amide bonds. The van der Waals surface area contributed by atoms with Crippen LogP contribution in [0.2, 0.25) is 0 Å². The molecule has 0 saturated heterocycles. The average molecular weight is 360 g/mol. The van der Waals surface area contributed by atoms with Gasteiger partial charge in [-0.15, -0.1) is 0 Å². The molecule has 0 fully saturated rings. The van der Waals surface area contributed by atoms with Gasteiger partial charge in [-0.1, -0.05) is 22.9 Å². The molecule has 1 aromatic heterocycles. The van der Waals surface area contributed by atoms with Crippen molar-refractivity contribution in [3.05, 3.63) is 39.2 Å². The minimum atomic E-state index is 0.713. The van der Waals surface area contributed by atoms with Gasteiger partial charge in [0.05, 0.1) is 0 Å². The number of aromatic nitrogens is 1. The molecule has 0 aliphatic carbocycles. The Morgan fingerprint density at radius 2 is 2.18 bits per heavy atom. The van der Waals surface area contributed by atoms with Crippen LogP contribution < -0.4 is 5.32 Å². The number of rotatable bonds is 4. The molecule has 0 aliphatic heterocycles. The van der Waals surface area contributed by atoms with Gasteiger partial charge in [0.15, 0.2) is 12.2 Å². The molecule has 1 N–H and O–H groups in total. The number of hydrogen-bond donors (Lipinski definition) is 1. The molecule has 5 heteroatoms. The fourth-order valence-electron chi connectivity index (χ4n) is 1.53. The van der Waals surface area contributed by atoms with Crippen LogP contribution in [0.4, 0.5) is 0 Å². The van der Waals surface area contributed by atoms with Gasteiger partial charge in [-0.25, -0.2) is 4.98 Å². The first-order chi connectivity index (χ1) is 8.22. The lowest BCUT2D eigenvalue weighted by molar-refractivity contribution is 0.569. The van der Waals surface area contributed by atoms with Crippen LogP contribution in [0.5, 0.6) is 0 Å². The first kappa shape index (κ1) is 12.8. The summed E-state index contributed by atoms with van der Waals surface area (Å²) in [5, 5.41) is 3.24. The third kappa shape index (κ3) is 2.97. The number of nitrogens with one attached hydrogen (secondary N) is 1. The SMILES string of the molecule is CCNCc1ncoc1-c1ccc(Br)cc1Br. The van der Waals surface area contributed by atoms with Crippen molar-refractivity contribution in [3.8, 4) is 11.3 Å². The Hall–Kier alpha value is -0.650. The maximum atomic E-state index is 5.47. The van der Waals surface area contributed by atoms with Crippen LogP contribution in [0.1, 0.15) is 12.6 Å². The first-order valence-electron chi connectivity index (χ1n) is 5.31. The van der Waals surface area contributed by atoms with Gasteiger partial charge < -0.3 is 9.73 Å². The van der Waals surface area contributed by atoms with Crippen molar-refractivity contribution in [2.24, 2.45) is 0 Å². The highest BCUT2D eigenvalue weighted by Crippen LogP contribution is 2.32. The summed E-state index contributed by atoms with van der Waals surface area (Å²) in [5.41, 5.74) is 1.94. The van der Waals surface area contributed by atoms with E-state index in [-0.39, 0.29) is 0 Å². The molecule has 3 nitrogen and oxygen atoms in total. The third-order valence-electron chi connectivity index (χ3n) is 2.36. The summed E-state index contributed by atoms with van der Waals surface area (Å²) >= 11 is 6.96. The molecular weight excluding hydrogens is 348 g/mol. The Balaban J connectivity index is 2.35. The molecule has 2 rings (SSSR count). The summed E-state index contributed by atoms with van der Waals surface area (Å²) in [6.45, 7) is 3.69. The van der Waals surface area contributed by atoms with Crippen molar-refractivity contribution >= 4 is 31.9 Å². The zero-order valence-corrected chi connectivity index (χ0v) is 12.5. The van der Waals surface area contributed by atoms with Gasteiger partial charge in [-0.3, -0.25) is 0 Å². The minimum absolute atomic E-state index is 0.713. The van der Waals surface area contributed by atoms with Gasteiger partial charge in [0, 0.05) is 21.1 Å². The van der Waals surface area contributed by atoms with Crippen molar-refractivity contribution in [2.45, 2.75) is 13.5 Å². The van der Waals surface area contributed by atoms with Crippen LogP contribution in [0.25, 0.3) is 11.3 Å². The quantitative estimate of drug-likeness (QED) is 0.897. The van der Waals surface area contributed by atoms with Gasteiger partial charge in [0.1, 0.15) is 5.69 Å². The maximum Gasteiger partial charge on any atom is 0.181 e. The molecular formula is C12H12Br2N2O. The Labute approximate surface area is 117 Å². The molecule has 0 bridgehead atoms. The van der Waals surface area contributed by atoms with Gasteiger partial charge in [0.25, 0.3) is 0 Å². The zero-order chi connectivity index (χ0) is 12.3. The molecule has 17 heavy (non-hydrogen) atoms. The predicted molar refractivity (Wildman–Crippen MR) is 74.7 cm³/mol. The summed E-state index contributed by atoms with van der Waals surface area (Å²) in [6.07, 6.45) is 1.48. The molecule has 90 valence electrons. The lowest BCUT2D eigenvalue weighted by atomic mass is 10.1. The fraction of sp³-hybridized carbons (Fsp3) is 0.250. The second kappa shape index (κ2) is 5.80. The van der Waals surface area contributed by atoms with Crippen LogP contribution in [0.3, 0.4) is 0 Å². The van der Waals surface area contributed by atoms with Gasteiger partial charge >= 0.3 is 0 Å². The Morgan fingerprint density at radius 1 is 1.35 bits per heavy atom.